The first-order chi connectivity index (χ1) is 9.35. The molecule has 0 spiro atoms. The number of thioether (sulfide) groups is 2. The van der Waals surface area contributed by atoms with E-state index in [4.69, 9.17) is 11.6 Å². The first-order valence-electron chi connectivity index (χ1n) is 6.37. The van der Waals surface area contributed by atoms with Gasteiger partial charge in [0, 0.05) is 26.7 Å². The summed E-state index contributed by atoms with van der Waals surface area (Å²) in [6.45, 7) is 0. The molecule has 0 aromatic heterocycles. The average Bonchev–Trinajstić information content (AvgIpc) is 2.88. The summed E-state index contributed by atoms with van der Waals surface area (Å²) in [7, 11) is 0. The minimum absolute atomic E-state index is 0.596. The van der Waals surface area contributed by atoms with Gasteiger partial charge in [-0.3, -0.25) is 0 Å². The molecule has 0 saturated carbocycles. The van der Waals surface area contributed by atoms with Crippen molar-refractivity contribution in [2.45, 2.75) is 27.3 Å². The Kier molecular flexibility index (Phi) is 4.42. The molecule has 0 aliphatic carbocycles. The van der Waals surface area contributed by atoms with Gasteiger partial charge in [0.05, 0.1) is 0 Å². The van der Waals surface area contributed by atoms with Crippen LogP contribution in [0.1, 0.15) is 11.1 Å². The van der Waals surface area contributed by atoms with Crippen molar-refractivity contribution in [2.24, 2.45) is 0 Å². The molecule has 3 heteroatoms. The summed E-state index contributed by atoms with van der Waals surface area (Å²) in [5.74, 6) is 1.76. The molecule has 1 aliphatic heterocycles. The predicted molar refractivity (Wildman–Crippen MR) is 86.5 cm³/mol. The number of alkyl halides is 1. The van der Waals surface area contributed by atoms with Crippen molar-refractivity contribution in [2.75, 3.05) is 5.75 Å². The number of hydrogen-bond acceptors (Lipinski definition) is 2. The zero-order valence-corrected chi connectivity index (χ0v) is 12.9. The summed E-state index contributed by atoms with van der Waals surface area (Å²) < 4.78 is 0. The Morgan fingerprint density at radius 3 is 2.63 bits per heavy atom. The first kappa shape index (κ1) is 13.4. The lowest BCUT2D eigenvalue weighted by Crippen LogP contribution is -2.03. The largest absolute Gasteiger partial charge is 0.125 e. The summed E-state index contributed by atoms with van der Waals surface area (Å²) in [6, 6.07) is 17.3. The molecule has 1 heterocycles. The van der Waals surface area contributed by atoms with Crippen molar-refractivity contribution in [1.82, 2.24) is 0 Å². The summed E-state index contributed by atoms with van der Waals surface area (Å²) in [5, 5.41) is 0.704. The SMILES string of the molecule is ClCc1ccc(SCC2Cc3ccccc3S2)cc1. The fourth-order valence-corrected chi connectivity index (χ4v) is 4.77. The zero-order valence-electron chi connectivity index (χ0n) is 10.5. The second kappa shape index (κ2) is 6.25. The van der Waals surface area contributed by atoms with Gasteiger partial charge >= 0.3 is 0 Å². The monoisotopic (exact) mass is 306 g/mol. The quantitative estimate of drug-likeness (QED) is 0.560. The molecule has 0 bridgehead atoms. The average molecular weight is 307 g/mol. The van der Waals surface area contributed by atoms with Gasteiger partial charge in [0.25, 0.3) is 0 Å². The van der Waals surface area contributed by atoms with E-state index in [2.05, 4.69) is 48.5 Å². The highest BCUT2D eigenvalue weighted by atomic mass is 35.5. The molecule has 2 aromatic carbocycles. The third-order valence-electron chi connectivity index (χ3n) is 3.23. The maximum atomic E-state index is 5.80. The normalized spacial score (nSPS) is 17.4. The number of halogens is 1. The standard InChI is InChI=1S/C16H15ClS2/c17-10-12-5-7-14(8-6-12)18-11-15-9-13-3-1-2-4-16(13)19-15/h1-8,15H,9-11H2. The topological polar surface area (TPSA) is 0 Å². The van der Waals surface area contributed by atoms with E-state index in [1.165, 1.54) is 33.1 Å². The molecule has 0 amide bonds. The van der Waals surface area contributed by atoms with E-state index in [1.807, 2.05) is 23.5 Å². The van der Waals surface area contributed by atoms with Crippen molar-refractivity contribution in [3.8, 4) is 0 Å². The molecule has 0 N–H and O–H groups in total. The highest BCUT2D eigenvalue weighted by Crippen LogP contribution is 2.39. The Labute approximate surface area is 127 Å². The Morgan fingerprint density at radius 2 is 1.89 bits per heavy atom. The molecule has 1 aliphatic rings. The Bertz CT molecular complexity index is 526. The Balaban J connectivity index is 1.56. The van der Waals surface area contributed by atoms with Crippen molar-refractivity contribution in [1.29, 1.82) is 0 Å². The molecule has 1 atom stereocenters. The summed E-state index contributed by atoms with van der Waals surface area (Å²) in [5.41, 5.74) is 2.70. The van der Waals surface area contributed by atoms with Crippen molar-refractivity contribution < 1.29 is 0 Å². The molecule has 3 rings (SSSR count). The van der Waals surface area contributed by atoms with E-state index in [0.717, 1.165) is 0 Å². The van der Waals surface area contributed by atoms with Crippen LogP contribution in [0.4, 0.5) is 0 Å². The van der Waals surface area contributed by atoms with Crippen LogP contribution in [0.15, 0.2) is 58.3 Å². The molecular weight excluding hydrogens is 292 g/mol. The highest BCUT2D eigenvalue weighted by molar-refractivity contribution is 8.03. The second-order valence-corrected chi connectivity index (χ2v) is 7.34. The van der Waals surface area contributed by atoms with Crippen molar-refractivity contribution in [3.63, 3.8) is 0 Å². The molecule has 1 unspecified atom stereocenters. The maximum Gasteiger partial charge on any atom is 0.0474 e. The van der Waals surface area contributed by atoms with Crippen LogP contribution in [-0.4, -0.2) is 11.0 Å². The van der Waals surface area contributed by atoms with Gasteiger partial charge in [0.1, 0.15) is 0 Å². The Hall–Kier alpha value is -0.570. The van der Waals surface area contributed by atoms with Crippen molar-refractivity contribution in [3.05, 3.63) is 59.7 Å². The number of hydrogen-bond donors (Lipinski definition) is 0. The van der Waals surface area contributed by atoms with E-state index in [-0.39, 0.29) is 0 Å². The van der Waals surface area contributed by atoms with Crippen LogP contribution >= 0.6 is 35.1 Å². The van der Waals surface area contributed by atoms with Crippen LogP contribution in [0.25, 0.3) is 0 Å². The number of benzene rings is 2. The van der Waals surface area contributed by atoms with Gasteiger partial charge in [-0.05, 0) is 35.7 Å². The lowest BCUT2D eigenvalue weighted by Gasteiger charge is -2.08. The second-order valence-electron chi connectivity index (χ2n) is 4.64. The van der Waals surface area contributed by atoms with E-state index >= 15 is 0 Å². The van der Waals surface area contributed by atoms with Crippen LogP contribution in [0, 0.1) is 0 Å². The highest BCUT2D eigenvalue weighted by Gasteiger charge is 2.21. The lowest BCUT2D eigenvalue weighted by atomic mass is 10.1. The van der Waals surface area contributed by atoms with Crippen LogP contribution in [0.5, 0.6) is 0 Å². The van der Waals surface area contributed by atoms with Gasteiger partial charge in [0.2, 0.25) is 0 Å². The summed E-state index contributed by atoms with van der Waals surface area (Å²) >= 11 is 9.77. The van der Waals surface area contributed by atoms with Crippen LogP contribution in [0.2, 0.25) is 0 Å². The number of rotatable bonds is 4. The Morgan fingerprint density at radius 1 is 1.11 bits per heavy atom. The van der Waals surface area contributed by atoms with Gasteiger partial charge in [-0.25, -0.2) is 0 Å². The van der Waals surface area contributed by atoms with Gasteiger partial charge < -0.3 is 0 Å². The third-order valence-corrected chi connectivity index (χ3v) is 6.24. The maximum absolute atomic E-state index is 5.80. The number of fused-ring (bicyclic) bond motifs is 1. The zero-order chi connectivity index (χ0) is 13.1. The fourth-order valence-electron chi connectivity index (χ4n) is 2.21. The van der Waals surface area contributed by atoms with E-state index in [9.17, 15) is 0 Å². The van der Waals surface area contributed by atoms with Gasteiger partial charge in [-0.1, -0.05) is 30.3 Å². The summed E-state index contributed by atoms with van der Waals surface area (Å²) in [6.07, 6.45) is 1.20. The lowest BCUT2D eigenvalue weighted by molar-refractivity contribution is 0.970. The molecule has 0 nitrogen and oxygen atoms in total. The smallest absolute Gasteiger partial charge is 0.0474 e. The van der Waals surface area contributed by atoms with Crippen LogP contribution < -0.4 is 0 Å². The molecule has 0 saturated heterocycles. The molecule has 0 fully saturated rings. The van der Waals surface area contributed by atoms with E-state index in [0.29, 0.717) is 11.1 Å². The molecule has 19 heavy (non-hydrogen) atoms. The van der Waals surface area contributed by atoms with Gasteiger partial charge in [-0.2, -0.15) is 0 Å². The summed E-state index contributed by atoms with van der Waals surface area (Å²) in [4.78, 5) is 2.80. The van der Waals surface area contributed by atoms with E-state index < -0.39 is 0 Å². The minimum Gasteiger partial charge on any atom is -0.125 e. The molecule has 2 aromatic rings. The first-order valence-corrected chi connectivity index (χ1v) is 8.77. The molecule has 98 valence electrons. The van der Waals surface area contributed by atoms with Crippen molar-refractivity contribution >= 4 is 35.1 Å². The van der Waals surface area contributed by atoms with Gasteiger partial charge in [0.15, 0.2) is 0 Å². The van der Waals surface area contributed by atoms with Crippen LogP contribution in [0.3, 0.4) is 0 Å². The minimum atomic E-state index is 0.596. The molecule has 0 radical (unpaired) electrons. The predicted octanol–water partition coefficient (Wildman–Crippen LogP) is 5.23. The third kappa shape index (κ3) is 3.31. The van der Waals surface area contributed by atoms with Gasteiger partial charge in [-0.15, -0.1) is 35.1 Å². The molecular formula is C16H15ClS2. The van der Waals surface area contributed by atoms with Crippen LogP contribution in [-0.2, 0) is 12.3 Å². The van der Waals surface area contributed by atoms with E-state index in [1.54, 1.807) is 0 Å². The fraction of sp³-hybridized carbons (Fsp3) is 0.250.